The molecule has 0 spiro atoms. The average molecular weight is 394 g/mol. The number of halogens is 1. The summed E-state index contributed by atoms with van der Waals surface area (Å²) in [6, 6.07) is 10.2. The smallest absolute Gasteiger partial charge is 0.232 e. The molecule has 0 aromatic heterocycles. The molecule has 2 aromatic carbocycles. The first-order chi connectivity index (χ1) is 12.2. The number of anilines is 1. The number of aryl methyl sites for hydroxylation is 1. The van der Waals surface area contributed by atoms with E-state index in [0.717, 1.165) is 11.1 Å². The minimum Gasteiger partial charge on any atom is -0.485 e. The molecule has 2 aromatic rings. The Morgan fingerprint density at radius 2 is 2.00 bits per heavy atom. The molecule has 0 saturated carbocycles. The van der Waals surface area contributed by atoms with Gasteiger partial charge in [-0.1, -0.05) is 11.6 Å². The van der Waals surface area contributed by atoms with E-state index in [1.165, 1.54) is 10.6 Å². The summed E-state index contributed by atoms with van der Waals surface area (Å²) in [4.78, 5) is 12.5. The quantitative estimate of drug-likeness (QED) is 0.728. The van der Waals surface area contributed by atoms with Gasteiger partial charge in [0, 0.05) is 16.6 Å². The number of ketones is 1. The van der Waals surface area contributed by atoms with Crippen LogP contribution in [0, 0.1) is 6.92 Å². The molecule has 26 heavy (non-hydrogen) atoms. The Labute approximate surface area is 158 Å². The highest BCUT2D eigenvalue weighted by atomic mass is 35.5. The normalized spacial score (nSPS) is 16.5. The lowest BCUT2D eigenvalue weighted by atomic mass is 10.0. The third kappa shape index (κ3) is 3.71. The number of fused-ring (bicyclic) bond motifs is 1. The number of sulfonamides is 1. The van der Waals surface area contributed by atoms with Crippen molar-refractivity contribution in [2.45, 2.75) is 26.3 Å². The summed E-state index contributed by atoms with van der Waals surface area (Å²) in [5.74, 6) is 0.452. The van der Waals surface area contributed by atoms with E-state index in [1.807, 2.05) is 13.8 Å². The number of rotatable bonds is 5. The molecule has 0 saturated heterocycles. The van der Waals surface area contributed by atoms with Crippen LogP contribution >= 0.6 is 11.6 Å². The highest BCUT2D eigenvalue weighted by Crippen LogP contribution is 2.34. The van der Waals surface area contributed by atoms with E-state index < -0.39 is 10.0 Å². The second-order valence-corrected chi connectivity index (χ2v) is 8.87. The number of nitrogens with zero attached hydrogens (tertiary/aromatic N) is 1. The van der Waals surface area contributed by atoms with E-state index in [-0.39, 0.29) is 18.4 Å². The minimum atomic E-state index is -3.34. The molecule has 0 amide bonds. The molecule has 138 valence electrons. The first-order valence-electron chi connectivity index (χ1n) is 8.21. The van der Waals surface area contributed by atoms with E-state index in [0.29, 0.717) is 28.4 Å². The largest absolute Gasteiger partial charge is 0.485 e. The van der Waals surface area contributed by atoms with Crippen LogP contribution in [-0.4, -0.2) is 33.1 Å². The second kappa shape index (κ2) is 6.93. The zero-order valence-corrected chi connectivity index (χ0v) is 16.4. The van der Waals surface area contributed by atoms with Crippen molar-refractivity contribution in [1.29, 1.82) is 0 Å². The van der Waals surface area contributed by atoms with Crippen LogP contribution in [0.15, 0.2) is 36.4 Å². The van der Waals surface area contributed by atoms with E-state index in [9.17, 15) is 13.2 Å². The SMILES string of the molecule is Cc1cc(Cl)ccc1OCC(=O)c1ccc2c(c1)C[C@H](C)N2S(C)(=O)=O. The molecule has 5 nitrogen and oxygen atoms in total. The predicted molar refractivity (Wildman–Crippen MR) is 103 cm³/mol. The van der Waals surface area contributed by atoms with Crippen molar-refractivity contribution >= 4 is 33.1 Å². The number of carbonyl (C=O) groups excluding carboxylic acids is 1. The summed E-state index contributed by atoms with van der Waals surface area (Å²) >= 11 is 5.92. The van der Waals surface area contributed by atoms with Crippen LogP contribution in [-0.2, 0) is 16.4 Å². The van der Waals surface area contributed by atoms with Crippen LogP contribution < -0.4 is 9.04 Å². The van der Waals surface area contributed by atoms with E-state index in [2.05, 4.69) is 0 Å². The lowest BCUT2D eigenvalue weighted by Crippen LogP contribution is -2.34. The van der Waals surface area contributed by atoms with Crippen LogP contribution in [0.2, 0.25) is 5.02 Å². The molecule has 0 N–H and O–H groups in total. The van der Waals surface area contributed by atoms with E-state index in [4.69, 9.17) is 16.3 Å². The predicted octanol–water partition coefficient (Wildman–Crippen LogP) is 3.62. The number of hydrogen-bond donors (Lipinski definition) is 0. The van der Waals surface area contributed by atoms with Crippen molar-refractivity contribution in [1.82, 2.24) is 0 Å². The van der Waals surface area contributed by atoms with Crippen LogP contribution in [0.5, 0.6) is 5.75 Å². The Kier molecular flexibility index (Phi) is 4.99. The summed E-state index contributed by atoms with van der Waals surface area (Å²) in [7, 11) is -3.34. The van der Waals surface area contributed by atoms with Crippen molar-refractivity contribution in [3.63, 3.8) is 0 Å². The summed E-state index contributed by atoms with van der Waals surface area (Å²) in [6.45, 7) is 3.63. The summed E-state index contributed by atoms with van der Waals surface area (Å²) < 4.78 is 31.0. The Morgan fingerprint density at radius 3 is 2.65 bits per heavy atom. The maximum absolute atomic E-state index is 12.5. The van der Waals surface area contributed by atoms with Crippen molar-refractivity contribution in [3.05, 3.63) is 58.1 Å². The monoisotopic (exact) mass is 393 g/mol. The molecular formula is C19H20ClNO4S. The fourth-order valence-electron chi connectivity index (χ4n) is 3.28. The van der Waals surface area contributed by atoms with E-state index >= 15 is 0 Å². The molecule has 0 aliphatic carbocycles. The number of hydrogen-bond acceptors (Lipinski definition) is 4. The van der Waals surface area contributed by atoms with Gasteiger partial charge in [0.25, 0.3) is 0 Å². The lowest BCUT2D eigenvalue weighted by Gasteiger charge is -2.21. The van der Waals surface area contributed by atoms with Crippen LogP contribution in [0.1, 0.15) is 28.4 Å². The first kappa shape index (κ1) is 18.7. The molecule has 1 aliphatic heterocycles. The summed E-state index contributed by atoms with van der Waals surface area (Å²) in [6.07, 6.45) is 1.78. The molecule has 7 heteroatoms. The van der Waals surface area contributed by atoms with Gasteiger partial charge >= 0.3 is 0 Å². The van der Waals surface area contributed by atoms with Gasteiger partial charge in [-0.25, -0.2) is 8.42 Å². The fraction of sp³-hybridized carbons (Fsp3) is 0.316. The molecule has 1 heterocycles. The van der Waals surface area contributed by atoms with Crippen molar-refractivity contribution in [2.75, 3.05) is 17.2 Å². The molecule has 0 bridgehead atoms. The maximum Gasteiger partial charge on any atom is 0.232 e. The molecule has 0 fully saturated rings. The van der Waals surface area contributed by atoms with Crippen molar-refractivity contribution in [3.8, 4) is 5.75 Å². The van der Waals surface area contributed by atoms with Crippen molar-refractivity contribution in [2.24, 2.45) is 0 Å². The molecular weight excluding hydrogens is 374 g/mol. The highest BCUT2D eigenvalue weighted by molar-refractivity contribution is 7.92. The van der Waals surface area contributed by atoms with Crippen LogP contribution in [0.4, 0.5) is 5.69 Å². The Bertz CT molecular complexity index is 971. The van der Waals surface area contributed by atoms with Gasteiger partial charge in [-0.15, -0.1) is 0 Å². The first-order valence-corrected chi connectivity index (χ1v) is 10.4. The molecule has 1 atom stereocenters. The van der Waals surface area contributed by atoms with Crippen molar-refractivity contribution < 1.29 is 17.9 Å². The zero-order chi connectivity index (χ0) is 19.1. The van der Waals surface area contributed by atoms with Gasteiger partial charge in [0.2, 0.25) is 10.0 Å². The Morgan fingerprint density at radius 1 is 1.27 bits per heavy atom. The van der Waals surface area contributed by atoms with Gasteiger partial charge in [0.1, 0.15) is 5.75 Å². The van der Waals surface area contributed by atoms with Crippen LogP contribution in [0.25, 0.3) is 0 Å². The summed E-state index contributed by atoms with van der Waals surface area (Å²) in [5, 5.41) is 0.615. The minimum absolute atomic E-state index is 0.0907. The Balaban J connectivity index is 1.77. The molecule has 3 rings (SSSR count). The molecule has 0 unspecified atom stereocenters. The molecule has 1 aliphatic rings. The number of carbonyl (C=O) groups is 1. The Hall–Kier alpha value is -2.05. The fourth-order valence-corrected chi connectivity index (χ4v) is 4.77. The van der Waals surface area contributed by atoms with Gasteiger partial charge < -0.3 is 4.74 Å². The topological polar surface area (TPSA) is 63.7 Å². The zero-order valence-electron chi connectivity index (χ0n) is 14.8. The highest BCUT2D eigenvalue weighted by Gasteiger charge is 2.32. The van der Waals surface area contributed by atoms with Gasteiger partial charge in [-0.3, -0.25) is 9.10 Å². The second-order valence-electron chi connectivity index (χ2n) is 6.58. The number of ether oxygens (including phenoxy) is 1. The third-order valence-electron chi connectivity index (χ3n) is 4.41. The number of benzene rings is 2. The summed E-state index contributed by atoms with van der Waals surface area (Å²) in [5.41, 5.74) is 2.87. The lowest BCUT2D eigenvalue weighted by molar-refractivity contribution is 0.0921. The van der Waals surface area contributed by atoms with Gasteiger partial charge in [0.15, 0.2) is 12.4 Å². The average Bonchev–Trinajstić information content (AvgIpc) is 2.88. The van der Waals surface area contributed by atoms with Gasteiger partial charge in [-0.2, -0.15) is 0 Å². The van der Waals surface area contributed by atoms with Gasteiger partial charge in [0.05, 0.1) is 11.9 Å². The standard InChI is InChI=1S/C19H20ClNO4S/c1-12-8-16(20)5-7-19(12)25-11-18(22)14-4-6-17-15(10-14)9-13(2)21(17)26(3,23)24/h4-8,10,13H,9,11H2,1-3H3/t13-/m0/s1. The maximum atomic E-state index is 12.5. The van der Waals surface area contributed by atoms with E-state index in [1.54, 1.807) is 36.4 Å². The van der Waals surface area contributed by atoms with Gasteiger partial charge in [-0.05, 0) is 67.8 Å². The third-order valence-corrected chi connectivity index (χ3v) is 5.91. The van der Waals surface area contributed by atoms with Crippen LogP contribution in [0.3, 0.4) is 0 Å². The number of Topliss-reactive ketones (excluding diaryl/α,β-unsaturated/α-hetero) is 1. The molecule has 0 radical (unpaired) electrons.